The van der Waals surface area contributed by atoms with Gasteiger partial charge in [0.15, 0.2) is 0 Å². The lowest BCUT2D eigenvalue weighted by atomic mass is 9.87. The maximum absolute atomic E-state index is 11.1. The van der Waals surface area contributed by atoms with Crippen molar-refractivity contribution in [3.63, 3.8) is 0 Å². The lowest BCUT2D eigenvalue weighted by Gasteiger charge is -2.38. The van der Waals surface area contributed by atoms with E-state index in [0.29, 0.717) is 6.42 Å². The lowest BCUT2D eigenvalue weighted by Crippen LogP contribution is -2.49. The maximum Gasteiger partial charge on any atom is 0.308 e. The summed E-state index contributed by atoms with van der Waals surface area (Å²) in [6.07, 6.45) is 0.614. The fraction of sp³-hybridized carbons (Fsp3) is 0.900. The third kappa shape index (κ3) is 1.53. The molecule has 1 aliphatic rings. The molecule has 0 radical (unpaired) electrons. The average molecular weight is 201 g/mol. The van der Waals surface area contributed by atoms with E-state index in [1.54, 1.807) is 12.2 Å². The molecule has 1 saturated heterocycles. The normalized spacial score (nSPS) is 30.5. The molecule has 4 nitrogen and oxygen atoms in total. The minimum absolute atomic E-state index is 0.221. The van der Waals surface area contributed by atoms with Gasteiger partial charge in [0.1, 0.15) is 0 Å². The van der Waals surface area contributed by atoms with Crippen molar-refractivity contribution in [1.82, 2.24) is 5.06 Å². The van der Waals surface area contributed by atoms with Crippen LogP contribution in [0.1, 0.15) is 34.1 Å². The van der Waals surface area contributed by atoms with Crippen LogP contribution in [0.25, 0.3) is 0 Å². The third-order valence-electron chi connectivity index (χ3n) is 3.11. The monoisotopic (exact) mass is 201 g/mol. The molecule has 0 spiro atoms. The predicted octanol–water partition coefficient (Wildman–Crippen LogP) is 1.51. The second kappa shape index (κ2) is 3.21. The molecule has 1 heterocycles. The van der Waals surface area contributed by atoms with Crippen LogP contribution in [0.4, 0.5) is 0 Å². The molecule has 4 heteroatoms. The van der Waals surface area contributed by atoms with Crippen molar-refractivity contribution in [1.29, 1.82) is 0 Å². The van der Waals surface area contributed by atoms with Gasteiger partial charge in [-0.3, -0.25) is 4.79 Å². The Balaban J connectivity index is 3.04. The van der Waals surface area contributed by atoms with Crippen molar-refractivity contribution in [3.05, 3.63) is 0 Å². The maximum atomic E-state index is 11.1. The minimum Gasteiger partial charge on any atom is -0.481 e. The van der Waals surface area contributed by atoms with E-state index in [2.05, 4.69) is 0 Å². The van der Waals surface area contributed by atoms with E-state index in [1.165, 1.54) is 0 Å². The first-order valence-corrected chi connectivity index (χ1v) is 4.80. The summed E-state index contributed by atoms with van der Waals surface area (Å²) in [7, 11) is 1.59. The van der Waals surface area contributed by atoms with E-state index in [0.717, 1.165) is 0 Å². The van der Waals surface area contributed by atoms with Gasteiger partial charge >= 0.3 is 5.97 Å². The van der Waals surface area contributed by atoms with Crippen LogP contribution in [0, 0.1) is 5.92 Å². The quantitative estimate of drug-likeness (QED) is 0.735. The molecule has 0 aromatic rings. The number of carboxylic acids is 1. The number of carboxylic acid groups (broad SMARTS) is 1. The summed E-state index contributed by atoms with van der Waals surface area (Å²) < 4.78 is 0. The van der Waals surface area contributed by atoms with Crippen molar-refractivity contribution in [2.75, 3.05) is 7.11 Å². The van der Waals surface area contributed by atoms with Crippen LogP contribution in [0.2, 0.25) is 0 Å². The standard InChI is InChI=1S/C10H19NO3/c1-9(2)6-7(8(12)13)10(3,4)11(9)14-5/h7H,6H2,1-5H3,(H,12,13)/t7-/m1/s1. The van der Waals surface area contributed by atoms with Crippen LogP contribution in [0.5, 0.6) is 0 Å². The Kier molecular flexibility index (Phi) is 2.63. The summed E-state index contributed by atoms with van der Waals surface area (Å²) >= 11 is 0. The average Bonchev–Trinajstić information content (AvgIpc) is 2.17. The molecule has 0 bridgehead atoms. The summed E-state index contributed by atoms with van der Waals surface area (Å²) in [6, 6.07) is 0. The summed E-state index contributed by atoms with van der Waals surface area (Å²) in [5, 5.41) is 10.9. The number of nitrogens with zero attached hydrogens (tertiary/aromatic N) is 1. The van der Waals surface area contributed by atoms with Gasteiger partial charge in [0.25, 0.3) is 0 Å². The Morgan fingerprint density at radius 2 is 1.93 bits per heavy atom. The molecule has 0 aliphatic carbocycles. The molecule has 1 N–H and O–H groups in total. The zero-order valence-corrected chi connectivity index (χ0v) is 9.50. The van der Waals surface area contributed by atoms with E-state index in [4.69, 9.17) is 9.94 Å². The largest absolute Gasteiger partial charge is 0.481 e. The highest BCUT2D eigenvalue weighted by molar-refractivity contribution is 5.72. The fourth-order valence-electron chi connectivity index (χ4n) is 2.63. The van der Waals surface area contributed by atoms with Crippen molar-refractivity contribution in [2.45, 2.75) is 45.2 Å². The van der Waals surface area contributed by atoms with Crippen molar-refractivity contribution < 1.29 is 14.7 Å². The molecule has 0 aromatic heterocycles. The summed E-state index contributed by atoms with van der Waals surface area (Å²) in [5.41, 5.74) is -0.675. The topological polar surface area (TPSA) is 49.8 Å². The van der Waals surface area contributed by atoms with Gasteiger partial charge in [-0.05, 0) is 34.1 Å². The molecular weight excluding hydrogens is 182 g/mol. The van der Waals surface area contributed by atoms with Gasteiger partial charge < -0.3 is 9.94 Å². The number of carbonyl (C=O) groups is 1. The zero-order valence-electron chi connectivity index (χ0n) is 9.50. The lowest BCUT2D eigenvalue weighted by molar-refractivity contribution is -0.224. The Hall–Kier alpha value is -0.610. The van der Waals surface area contributed by atoms with Crippen molar-refractivity contribution in [2.24, 2.45) is 5.92 Å². The number of rotatable bonds is 2. The van der Waals surface area contributed by atoms with E-state index in [-0.39, 0.29) is 11.5 Å². The zero-order chi connectivity index (χ0) is 11.1. The summed E-state index contributed by atoms with van der Waals surface area (Å²) in [6.45, 7) is 7.82. The third-order valence-corrected chi connectivity index (χ3v) is 3.11. The Labute approximate surface area is 84.8 Å². The predicted molar refractivity (Wildman–Crippen MR) is 52.7 cm³/mol. The smallest absolute Gasteiger partial charge is 0.308 e. The number of hydroxylamine groups is 2. The highest BCUT2D eigenvalue weighted by Crippen LogP contribution is 2.44. The number of aliphatic carboxylic acids is 1. The number of hydrogen-bond acceptors (Lipinski definition) is 3. The summed E-state index contributed by atoms with van der Waals surface area (Å²) in [4.78, 5) is 16.4. The van der Waals surface area contributed by atoms with Gasteiger partial charge in [-0.25, -0.2) is 0 Å². The highest BCUT2D eigenvalue weighted by atomic mass is 16.7. The SMILES string of the molecule is CON1C(C)(C)C[C@H](C(=O)O)C1(C)C. The second-order valence-corrected chi connectivity index (χ2v) is 5.04. The highest BCUT2D eigenvalue weighted by Gasteiger charge is 2.55. The van der Waals surface area contributed by atoms with Crippen LogP contribution < -0.4 is 0 Å². The van der Waals surface area contributed by atoms with E-state index >= 15 is 0 Å². The van der Waals surface area contributed by atoms with E-state index < -0.39 is 11.5 Å². The molecule has 82 valence electrons. The molecule has 0 saturated carbocycles. The van der Waals surface area contributed by atoms with Gasteiger partial charge in [-0.15, -0.1) is 0 Å². The molecule has 0 aromatic carbocycles. The van der Waals surface area contributed by atoms with Crippen LogP contribution in [-0.4, -0.2) is 34.3 Å². The Bertz CT molecular complexity index is 248. The van der Waals surface area contributed by atoms with Gasteiger partial charge in [0, 0.05) is 5.54 Å². The molecule has 1 atom stereocenters. The first kappa shape index (κ1) is 11.5. The second-order valence-electron chi connectivity index (χ2n) is 5.04. The van der Waals surface area contributed by atoms with Crippen LogP contribution in [-0.2, 0) is 9.63 Å². The van der Waals surface area contributed by atoms with Crippen LogP contribution in [0.15, 0.2) is 0 Å². The molecule has 1 fully saturated rings. The Morgan fingerprint density at radius 1 is 1.43 bits per heavy atom. The van der Waals surface area contributed by atoms with Crippen LogP contribution in [0.3, 0.4) is 0 Å². The molecule has 14 heavy (non-hydrogen) atoms. The van der Waals surface area contributed by atoms with Crippen LogP contribution >= 0.6 is 0 Å². The van der Waals surface area contributed by atoms with Gasteiger partial charge in [-0.2, -0.15) is 5.06 Å². The number of hydrogen-bond donors (Lipinski definition) is 1. The van der Waals surface area contributed by atoms with E-state index in [1.807, 2.05) is 27.7 Å². The molecule has 0 unspecified atom stereocenters. The first-order chi connectivity index (χ1) is 6.23. The molecule has 1 aliphatic heterocycles. The summed E-state index contributed by atoms with van der Waals surface area (Å²) in [5.74, 6) is -1.12. The van der Waals surface area contributed by atoms with Gasteiger partial charge in [0.05, 0.1) is 18.6 Å². The minimum atomic E-state index is -0.748. The van der Waals surface area contributed by atoms with Crippen molar-refractivity contribution >= 4 is 5.97 Å². The van der Waals surface area contributed by atoms with Crippen molar-refractivity contribution in [3.8, 4) is 0 Å². The molecular formula is C10H19NO3. The molecule has 1 rings (SSSR count). The van der Waals surface area contributed by atoms with Gasteiger partial charge in [-0.1, -0.05) is 0 Å². The fourth-order valence-corrected chi connectivity index (χ4v) is 2.63. The first-order valence-electron chi connectivity index (χ1n) is 4.80. The van der Waals surface area contributed by atoms with E-state index in [9.17, 15) is 4.79 Å². The Morgan fingerprint density at radius 3 is 2.14 bits per heavy atom. The van der Waals surface area contributed by atoms with Gasteiger partial charge in [0.2, 0.25) is 0 Å². The molecule has 0 amide bonds.